The highest BCUT2D eigenvalue weighted by molar-refractivity contribution is 5.94. The van der Waals surface area contributed by atoms with Crippen molar-refractivity contribution >= 4 is 5.91 Å². The van der Waals surface area contributed by atoms with E-state index in [1.54, 1.807) is 7.11 Å². The zero-order valence-electron chi connectivity index (χ0n) is 19.2. The molecule has 1 N–H and O–H groups in total. The van der Waals surface area contributed by atoms with Crippen LogP contribution in [0.15, 0.2) is 67.3 Å². The molecule has 1 heterocycles. The maximum absolute atomic E-state index is 13.2. The summed E-state index contributed by atoms with van der Waals surface area (Å²) in [6.07, 6.45) is 4.88. The third-order valence-corrected chi connectivity index (χ3v) is 7.60. The maximum atomic E-state index is 13.2. The van der Waals surface area contributed by atoms with Crippen LogP contribution >= 0.6 is 0 Å². The predicted octanol–water partition coefficient (Wildman–Crippen LogP) is 3.88. The highest BCUT2D eigenvalue weighted by Gasteiger charge is 2.58. The molecule has 1 saturated heterocycles. The molecule has 0 bridgehead atoms. The van der Waals surface area contributed by atoms with Gasteiger partial charge in [-0.3, -0.25) is 9.69 Å². The topological polar surface area (TPSA) is 53.0 Å². The highest BCUT2D eigenvalue weighted by Crippen LogP contribution is 2.52. The van der Waals surface area contributed by atoms with E-state index >= 15 is 0 Å². The highest BCUT2D eigenvalue weighted by atomic mass is 16.5. The van der Waals surface area contributed by atoms with Gasteiger partial charge in [-0.2, -0.15) is 0 Å². The van der Waals surface area contributed by atoms with Gasteiger partial charge in [0, 0.05) is 37.2 Å². The van der Waals surface area contributed by atoms with Gasteiger partial charge in [-0.05, 0) is 62.1 Å². The number of carbonyl (C=O) groups is 1. The van der Waals surface area contributed by atoms with Crippen molar-refractivity contribution in [2.24, 2.45) is 0 Å². The Kier molecular flexibility index (Phi) is 6.40. The standard InChI is InChI=1S/C27H34N2O3/c1-4-16-29-17-15-26(22-11-8-12-24(18-22)32-3)19-23(13-14-27(26,31)20-29)28(2)25(30)21-9-6-5-7-10-21/h4-12,18,23,31H,1,13-17,19-20H2,2-3H3. The van der Waals surface area contributed by atoms with E-state index in [1.165, 1.54) is 0 Å². The molecular formula is C27H34N2O3. The van der Waals surface area contributed by atoms with Gasteiger partial charge in [0.25, 0.3) is 5.91 Å². The number of methoxy groups -OCH3 is 1. The molecule has 3 unspecified atom stereocenters. The second-order valence-electron chi connectivity index (χ2n) is 9.30. The van der Waals surface area contributed by atoms with Crippen molar-refractivity contribution in [1.82, 2.24) is 9.80 Å². The van der Waals surface area contributed by atoms with Crippen LogP contribution in [0.3, 0.4) is 0 Å². The van der Waals surface area contributed by atoms with Gasteiger partial charge in [0.15, 0.2) is 0 Å². The Morgan fingerprint density at radius 2 is 2.03 bits per heavy atom. The molecular weight excluding hydrogens is 400 g/mol. The number of rotatable bonds is 6. The van der Waals surface area contributed by atoms with E-state index in [9.17, 15) is 9.90 Å². The van der Waals surface area contributed by atoms with Crippen LogP contribution in [0, 0.1) is 0 Å². The minimum atomic E-state index is -0.867. The number of likely N-dealkylation sites (tertiary alicyclic amines) is 1. The van der Waals surface area contributed by atoms with Gasteiger partial charge in [-0.15, -0.1) is 6.58 Å². The maximum Gasteiger partial charge on any atom is 0.253 e. The van der Waals surface area contributed by atoms with Crippen molar-refractivity contribution in [3.8, 4) is 5.75 Å². The van der Waals surface area contributed by atoms with E-state index in [4.69, 9.17) is 4.74 Å². The summed E-state index contributed by atoms with van der Waals surface area (Å²) in [5.74, 6) is 0.828. The van der Waals surface area contributed by atoms with Gasteiger partial charge in [-0.1, -0.05) is 36.4 Å². The number of carbonyl (C=O) groups excluding carboxylic acids is 1. The zero-order chi connectivity index (χ0) is 22.8. The first-order chi connectivity index (χ1) is 15.4. The summed E-state index contributed by atoms with van der Waals surface area (Å²) >= 11 is 0. The van der Waals surface area contributed by atoms with Crippen molar-refractivity contribution < 1.29 is 14.6 Å². The summed E-state index contributed by atoms with van der Waals surface area (Å²) in [6, 6.07) is 17.6. The second kappa shape index (κ2) is 9.08. The van der Waals surface area contributed by atoms with Crippen LogP contribution < -0.4 is 4.74 Å². The molecule has 0 spiro atoms. The lowest BCUT2D eigenvalue weighted by Gasteiger charge is -2.59. The SMILES string of the molecule is C=CCN1CCC2(c3cccc(OC)c3)CC(N(C)C(=O)c3ccccc3)CCC2(O)C1. The summed E-state index contributed by atoms with van der Waals surface area (Å²) < 4.78 is 5.52. The Labute approximate surface area is 191 Å². The van der Waals surface area contributed by atoms with Gasteiger partial charge < -0.3 is 14.7 Å². The zero-order valence-corrected chi connectivity index (χ0v) is 19.2. The minimum Gasteiger partial charge on any atom is -0.497 e. The van der Waals surface area contributed by atoms with E-state index in [-0.39, 0.29) is 11.9 Å². The predicted molar refractivity (Wildman–Crippen MR) is 127 cm³/mol. The minimum absolute atomic E-state index is 0.0333. The third-order valence-electron chi connectivity index (χ3n) is 7.60. The van der Waals surface area contributed by atoms with E-state index in [1.807, 2.05) is 60.5 Å². The van der Waals surface area contributed by atoms with Crippen LogP contribution in [0.1, 0.15) is 41.6 Å². The van der Waals surface area contributed by atoms with Crippen molar-refractivity contribution in [2.45, 2.75) is 42.7 Å². The molecule has 5 heteroatoms. The van der Waals surface area contributed by atoms with E-state index in [2.05, 4.69) is 23.6 Å². The van der Waals surface area contributed by atoms with Gasteiger partial charge in [-0.25, -0.2) is 0 Å². The van der Waals surface area contributed by atoms with E-state index < -0.39 is 11.0 Å². The summed E-state index contributed by atoms with van der Waals surface area (Å²) in [7, 11) is 3.57. The number of benzene rings is 2. The van der Waals surface area contributed by atoms with Gasteiger partial charge in [0.2, 0.25) is 0 Å². The van der Waals surface area contributed by atoms with Gasteiger partial charge in [0.1, 0.15) is 5.75 Å². The quantitative estimate of drug-likeness (QED) is 0.701. The van der Waals surface area contributed by atoms with Gasteiger partial charge in [0.05, 0.1) is 12.7 Å². The molecule has 0 aromatic heterocycles. The summed E-state index contributed by atoms with van der Waals surface area (Å²) in [5.41, 5.74) is 0.496. The second-order valence-corrected chi connectivity index (χ2v) is 9.30. The first-order valence-electron chi connectivity index (χ1n) is 11.4. The lowest BCUT2D eigenvalue weighted by atomic mass is 9.55. The molecule has 2 aromatic carbocycles. The Bertz CT molecular complexity index is 962. The number of amides is 1. The van der Waals surface area contributed by atoms with Gasteiger partial charge >= 0.3 is 0 Å². The van der Waals surface area contributed by atoms with Crippen LogP contribution in [0.2, 0.25) is 0 Å². The summed E-state index contributed by atoms with van der Waals surface area (Å²) in [5, 5.41) is 12.1. The average molecular weight is 435 g/mol. The molecule has 0 radical (unpaired) electrons. The Morgan fingerprint density at radius 1 is 1.25 bits per heavy atom. The average Bonchev–Trinajstić information content (AvgIpc) is 2.83. The molecule has 32 heavy (non-hydrogen) atoms. The van der Waals surface area contributed by atoms with E-state index in [0.29, 0.717) is 18.5 Å². The molecule has 1 aliphatic heterocycles. The normalized spacial score (nSPS) is 27.9. The number of nitrogens with zero attached hydrogens (tertiary/aromatic N) is 2. The number of ether oxygens (including phenoxy) is 1. The number of fused-ring (bicyclic) bond motifs is 1. The lowest BCUT2D eigenvalue weighted by molar-refractivity contribution is -0.130. The molecule has 5 nitrogen and oxygen atoms in total. The summed E-state index contributed by atoms with van der Waals surface area (Å²) in [4.78, 5) is 17.4. The molecule has 2 aliphatic rings. The number of hydrogen-bond donors (Lipinski definition) is 1. The molecule has 170 valence electrons. The third kappa shape index (κ3) is 3.96. The first kappa shape index (κ1) is 22.6. The molecule has 4 rings (SSSR count). The Hall–Kier alpha value is -2.63. The number of hydrogen-bond acceptors (Lipinski definition) is 4. The number of β-amino-alcohol motifs (C(OH)–C–C–N with tert-alkyl or cyclic N) is 1. The van der Waals surface area contributed by atoms with Crippen molar-refractivity contribution in [1.29, 1.82) is 0 Å². The fourth-order valence-corrected chi connectivity index (χ4v) is 5.77. The smallest absolute Gasteiger partial charge is 0.253 e. The molecule has 1 amide bonds. The van der Waals surface area contributed by atoms with E-state index in [0.717, 1.165) is 43.7 Å². The lowest BCUT2D eigenvalue weighted by Crippen LogP contribution is -2.67. The molecule has 2 aromatic rings. The fraction of sp³-hybridized carbons (Fsp3) is 0.444. The largest absolute Gasteiger partial charge is 0.497 e. The number of piperidine rings is 1. The first-order valence-corrected chi connectivity index (χ1v) is 11.4. The van der Waals surface area contributed by atoms with Crippen LogP contribution in [0.4, 0.5) is 0 Å². The number of aliphatic hydroxyl groups is 1. The van der Waals surface area contributed by atoms with Crippen molar-refractivity contribution in [2.75, 3.05) is 33.8 Å². The molecule has 2 fully saturated rings. The monoisotopic (exact) mass is 434 g/mol. The molecule has 1 aliphatic carbocycles. The van der Waals surface area contributed by atoms with Crippen molar-refractivity contribution in [3.05, 3.63) is 78.4 Å². The Balaban J connectivity index is 1.69. The summed E-state index contributed by atoms with van der Waals surface area (Å²) in [6.45, 7) is 6.14. The van der Waals surface area contributed by atoms with Crippen LogP contribution in [-0.2, 0) is 5.41 Å². The van der Waals surface area contributed by atoms with Crippen LogP contribution in [-0.4, -0.2) is 66.2 Å². The fourth-order valence-electron chi connectivity index (χ4n) is 5.77. The van der Waals surface area contributed by atoms with Crippen LogP contribution in [0.25, 0.3) is 0 Å². The van der Waals surface area contributed by atoms with Crippen LogP contribution in [0.5, 0.6) is 5.75 Å². The molecule has 1 saturated carbocycles. The molecule has 3 atom stereocenters. The van der Waals surface area contributed by atoms with Crippen molar-refractivity contribution in [3.63, 3.8) is 0 Å². The Morgan fingerprint density at radius 3 is 2.75 bits per heavy atom.